The fraction of sp³-hybridized carbons (Fsp3) is 0.625. The third kappa shape index (κ3) is 7.58. The molecule has 19 heavy (non-hydrogen) atoms. The average Bonchev–Trinajstić information content (AvgIpc) is 2.36. The Morgan fingerprint density at radius 2 is 2.00 bits per heavy atom. The van der Waals surface area contributed by atoms with E-state index >= 15 is 0 Å². The van der Waals surface area contributed by atoms with Crippen molar-refractivity contribution < 1.29 is 4.74 Å². The third-order valence-corrected chi connectivity index (χ3v) is 3.84. The number of unbranched alkanes of at least 4 members (excludes halogenated alkanes) is 2. The molecule has 0 atom stereocenters. The number of nitrogens with one attached hydrogen (secondary N) is 1. The first-order chi connectivity index (χ1) is 9.09. The SMILES string of the molecule is Cc1cc(OCCCCCNCC(C)C)ccc1Br. The molecule has 0 aromatic heterocycles. The second kappa shape index (κ2) is 9.38. The Bertz CT molecular complexity index is 366. The van der Waals surface area contributed by atoms with Crippen LogP contribution in [0.15, 0.2) is 22.7 Å². The monoisotopic (exact) mass is 327 g/mol. The molecule has 2 nitrogen and oxygen atoms in total. The zero-order valence-electron chi connectivity index (χ0n) is 12.3. The summed E-state index contributed by atoms with van der Waals surface area (Å²) in [4.78, 5) is 0. The van der Waals surface area contributed by atoms with Crippen molar-refractivity contribution in [2.75, 3.05) is 19.7 Å². The second-order valence-electron chi connectivity index (χ2n) is 5.42. The molecule has 1 N–H and O–H groups in total. The third-order valence-electron chi connectivity index (χ3n) is 2.95. The normalized spacial score (nSPS) is 11.0. The van der Waals surface area contributed by atoms with Crippen LogP contribution < -0.4 is 10.1 Å². The summed E-state index contributed by atoms with van der Waals surface area (Å²) in [5, 5.41) is 3.46. The highest BCUT2D eigenvalue weighted by Crippen LogP contribution is 2.21. The molecule has 0 spiro atoms. The van der Waals surface area contributed by atoms with Gasteiger partial charge >= 0.3 is 0 Å². The van der Waals surface area contributed by atoms with Gasteiger partial charge in [-0.2, -0.15) is 0 Å². The first kappa shape index (κ1) is 16.5. The summed E-state index contributed by atoms with van der Waals surface area (Å²) in [6.07, 6.45) is 3.58. The van der Waals surface area contributed by atoms with Gasteiger partial charge in [0.1, 0.15) is 5.75 Å². The van der Waals surface area contributed by atoms with E-state index < -0.39 is 0 Å². The lowest BCUT2D eigenvalue weighted by atomic mass is 10.2. The van der Waals surface area contributed by atoms with Gasteiger partial charge in [0.25, 0.3) is 0 Å². The minimum atomic E-state index is 0.740. The minimum Gasteiger partial charge on any atom is -0.494 e. The van der Waals surface area contributed by atoms with Gasteiger partial charge in [0.2, 0.25) is 0 Å². The molecule has 1 rings (SSSR count). The summed E-state index contributed by atoms with van der Waals surface area (Å²) in [6, 6.07) is 6.13. The van der Waals surface area contributed by atoms with Gasteiger partial charge in [-0.25, -0.2) is 0 Å². The van der Waals surface area contributed by atoms with Crippen LogP contribution >= 0.6 is 15.9 Å². The van der Waals surface area contributed by atoms with Crippen molar-refractivity contribution >= 4 is 15.9 Å². The maximum Gasteiger partial charge on any atom is 0.119 e. The quantitative estimate of drug-likeness (QED) is 0.671. The minimum absolute atomic E-state index is 0.740. The van der Waals surface area contributed by atoms with E-state index in [9.17, 15) is 0 Å². The van der Waals surface area contributed by atoms with Crippen LogP contribution in [0.5, 0.6) is 5.75 Å². The van der Waals surface area contributed by atoms with E-state index in [-0.39, 0.29) is 0 Å². The zero-order chi connectivity index (χ0) is 14.1. The predicted molar refractivity (Wildman–Crippen MR) is 85.9 cm³/mol. The van der Waals surface area contributed by atoms with Crippen LogP contribution in [-0.2, 0) is 0 Å². The Hall–Kier alpha value is -0.540. The molecule has 0 unspecified atom stereocenters. The van der Waals surface area contributed by atoms with Crippen LogP contribution in [0.2, 0.25) is 0 Å². The van der Waals surface area contributed by atoms with Crippen LogP contribution in [0.25, 0.3) is 0 Å². The van der Waals surface area contributed by atoms with E-state index in [0.717, 1.165) is 42.3 Å². The van der Waals surface area contributed by atoms with Gasteiger partial charge in [-0.3, -0.25) is 0 Å². The number of aryl methyl sites for hydroxylation is 1. The van der Waals surface area contributed by atoms with Crippen molar-refractivity contribution in [3.63, 3.8) is 0 Å². The zero-order valence-corrected chi connectivity index (χ0v) is 13.9. The van der Waals surface area contributed by atoms with E-state index in [4.69, 9.17) is 4.74 Å². The summed E-state index contributed by atoms with van der Waals surface area (Å²) in [7, 11) is 0. The van der Waals surface area contributed by atoms with Gasteiger partial charge in [0, 0.05) is 4.47 Å². The van der Waals surface area contributed by atoms with Crippen LogP contribution in [-0.4, -0.2) is 19.7 Å². The predicted octanol–water partition coefficient (Wildman–Crippen LogP) is 4.55. The highest BCUT2D eigenvalue weighted by Gasteiger charge is 1.98. The molecule has 108 valence electrons. The molecule has 0 saturated carbocycles. The number of hydrogen-bond donors (Lipinski definition) is 1. The molecule has 0 radical (unpaired) electrons. The topological polar surface area (TPSA) is 21.3 Å². The Morgan fingerprint density at radius 1 is 1.21 bits per heavy atom. The Labute approximate surface area is 126 Å². The second-order valence-corrected chi connectivity index (χ2v) is 6.27. The first-order valence-electron chi connectivity index (χ1n) is 7.19. The van der Waals surface area contributed by atoms with Crippen molar-refractivity contribution in [2.45, 2.75) is 40.0 Å². The van der Waals surface area contributed by atoms with E-state index in [1.807, 2.05) is 12.1 Å². The summed E-state index contributed by atoms with van der Waals surface area (Å²) in [6.45, 7) is 9.61. The Kier molecular flexibility index (Phi) is 8.15. The molecule has 0 aliphatic rings. The van der Waals surface area contributed by atoms with Gasteiger partial charge in [-0.1, -0.05) is 29.8 Å². The lowest BCUT2D eigenvalue weighted by Crippen LogP contribution is -2.20. The van der Waals surface area contributed by atoms with Crippen molar-refractivity contribution in [2.24, 2.45) is 5.92 Å². The summed E-state index contributed by atoms with van der Waals surface area (Å²) >= 11 is 3.49. The maximum atomic E-state index is 5.75. The molecule has 3 heteroatoms. The maximum absolute atomic E-state index is 5.75. The lowest BCUT2D eigenvalue weighted by Gasteiger charge is -2.09. The first-order valence-corrected chi connectivity index (χ1v) is 7.98. The Balaban J connectivity index is 2.03. The van der Waals surface area contributed by atoms with Gasteiger partial charge < -0.3 is 10.1 Å². The Morgan fingerprint density at radius 3 is 2.68 bits per heavy atom. The molecule has 0 saturated heterocycles. The molecule has 0 aliphatic heterocycles. The molecule has 0 bridgehead atoms. The van der Waals surface area contributed by atoms with Crippen LogP contribution in [0.3, 0.4) is 0 Å². The van der Waals surface area contributed by atoms with Crippen molar-refractivity contribution in [3.05, 3.63) is 28.2 Å². The largest absolute Gasteiger partial charge is 0.494 e. The molecule has 1 aromatic rings. The van der Waals surface area contributed by atoms with Gasteiger partial charge in [0.05, 0.1) is 6.61 Å². The number of rotatable bonds is 9. The smallest absolute Gasteiger partial charge is 0.119 e. The van der Waals surface area contributed by atoms with Gasteiger partial charge in [-0.05, 0) is 69.0 Å². The fourth-order valence-corrected chi connectivity index (χ4v) is 2.06. The summed E-state index contributed by atoms with van der Waals surface area (Å²) in [5.74, 6) is 1.71. The molecule has 0 amide bonds. The van der Waals surface area contributed by atoms with Crippen LogP contribution in [0.1, 0.15) is 38.7 Å². The van der Waals surface area contributed by atoms with Crippen LogP contribution in [0.4, 0.5) is 0 Å². The fourth-order valence-electron chi connectivity index (χ4n) is 1.82. The lowest BCUT2D eigenvalue weighted by molar-refractivity contribution is 0.304. The average molecular weight is 328 g/mol. The standard InChI is InChI=1S/C16H26BrNO/c1-13(2)12-18-9-5-4-6-10-19-15-7-8-16(17)14(3)11-15/h7-8,11,13,18H,4-6,9-10,12H2,1-3H3. The molecular formula is C16H26BrNO. The molecule has 0 fully saturated rings. The van der Waals surface area contributed by atoms with Crippen LogP contribution in [0, 0.1) is 12.8 Å². The number of benzene rings is 1. The van der Waals surface area contributed by atoms with Crippen molar-refractivity contribution in [1.29, 1.82) is 0 Å². The number of ether oxygens (including phenoxy) is 1. The molecule has 0 aliphatic carbocycles. The highest BCUT2D eigenvalue weighted by atomic mass is 79.9. The van der Waals surface area contributed by atoms with Crippen molar-refractivity contribution in [1.82, 2.24) is 5.32 Å². The number of hydrogen-bond acceptors (Lipinski definition) is 2. The summed E-state index contributed by atoms with van der Waals surface area (Å²) < 4.78 is 6.88. The highest BCUT2D eigenvalue weighted by molar-refractivity contribution is 9.10. The number of halogens is 1. The van der Waals surface area contributed by atoms with Gasteiger partial charge in [0.15, 0.2) is 0 Å². The molecular weight excluding hydrogens is 302 g/mol. The van der Waals surface area contributed by atoms with E-state index in [2.05, 4.69) is 48.1 Å². The molecule has 0 heterocycles. The van der Waals surface area contributed by atoms with E-state index in [1.165, 1.54) is 18.4 Å². The summed E-state index contributed by atoms with van der Waals surface area (Å²) in [5.41, 5.74) is 1.22. The van der Waals surface area contributed by atoms with E-state index in [0.29, 0.717) is 0 Å². The molecule has 1 aromatic carbocycles. The van der Waals surface area contributed by atoms with Gasteiger partial charge in [-0.15, -0.1) is 0 Å². The van der Waals surface area contributed by atoms with Crippen molar-refractivity contribution in [3.8, 4) is 5.75 Å². The van der Waals surface area contributed by atoms with E-state index in [1.54, 1.807) is 0 Å².